The third-order valence-corrected chi connectivity index (χ3v) is 3.89. The van der Waals surface area contributed by atoms with E-state index in [0.29, 0.717) is 33.2 Å². The highest BCUT2D eigenvalue weighted by molar-refractivity contribution is 7.15. The molecule has 0 amide bonds. The lowest BCUT2D eigenvalue weighted by atomic mass is 10.3. The Balaban J connectivity index is 2.24. The van der Waals surface area contributed by atoms with E-state index in [4.69, 9.17) is 27.9 Å². The number of halogens is 2. The van der Waals surface area contributed by atoms with Gasteiger partial charge in [0, 0.05) is 9.90 Å². The molecule has 1 N–H and O–H groups in total. The Kier molecular flexibility index (Phi) is 4.86. The molecule has 7 heteroatoms. The normalized spacial score (nSPS) is 10.4. The number of benzene rings is 1. The van der Waals surface area contributed by atoms with Crippen molar-refractivity contribution in [2.45, 2.75) is 13.8 Å². The number of carbonyl (C=O) groups excluding carboxylic acids is 1. The number of hydrogen-bond acceptors (Lipinski definition) is 5. The number of ether oxygens (including phenoxy) is 1. The van der Waals surface area contributed by atoms with Crippen molar-refractivity contribution in [1.82, 2.24) is 4.98 Å². The summed E-state index contributed by atoms with van der Waals surface area (Å²) in [5.41, 5.74) is 0.959. The van der Waals surface area contributed by atoms with Gasteiger partial charge >= 0.3 is 5.97 Å². The van der Waals surface area contributed by atoms with Gasteiger partial charge in [-0.25, -0.2) is 9.78 Å². The van der Waals surface area contributed by atoms with Gasteiger partial charge in [-0.15, -0.1) is 11.3 Å². The van der Waals surface area contributed by atoms with Crippen LogP contribution >= 0.6 is 34.5 Å². The standard InChI is InChI=1S/C13H12Cl2N2O2S/c1-3-19-12(18)11-7(2)20-13(17-11)16-10-6-8(14)4-5-9(10)15/h4-6H,3H2,1-2H3,(H,16,17). The molecular formula is C13H12Cl2N2O2S. The molecule has 0 aliphatic rings. The highest BCUT2D eigenvalue weighted by atomic mass is 35.5. The fraction of sp³-hybridized carbons (Fsp3) is 0.231. The van der Waals surface area contributed by atoms with Crippen LogP contribution < -0.4 is 5.32 Å². The van der Waals surface area contributed by atoms with Gasteiger partial charge in [-0.05, 0) is 32.0 Å². The van der Waals surface area contributed by atoms with Gasteiger partial charge in [0.15, 0.2) is 10.8 Å². The number of nitrogens with one attached hydrogen (secondary N) is 1. The number of aryl methyl sites for hydroxylation is 1. The highest BCUT2D eigenvalue weighted by Crippen LogP contribution is 2.31. The molecule has 0 fully saturated rings. The maximum Gasteiger partial charge on any atom is 0.358 e. The molecule has 4 nitrogen and oxygen atoms in total. The van der Waals surface area contributed by atoms with Gasteiger partial charge in [-0.2, -0.15) is 0 Å². The molecule has 1 aromatic carbocycles. The SMILES string of the molecule is CCOC(=O)c1nc(Nc2cc(Cl)ccc2Cl)sc1C. The fourth-order valence-corrected chi connectivity index (χ4v) is 2.70. The minimum atomic E-state index is -0.425. The zero-order valence-corrected chi connectivity index (χ0v) is 13.2. The van der Waals surface area contributed by atoms with E-state index in [1.165, 1.54) is 11.3 Å². The Morgan fingerprint density at radius 2 is 2.20 bits per heavy atom. The van der Waals surface area contributed by atoms with Gasteiger partial charge in [0.1, 0.15) is 0 Å². The van der Waals surface area contributed by atoms with E-state index in [9.17, 15) is 4.79 Å². The van der Waals surface area contributed by atoms with E-state index < -0.39 is 5.97 Å². The van der Waals surface area contributed by atoms with Crippen molar-refractivity contribution >= 4 is 51.3 Å². The van der Waals surface area contributed by atoms with Crippen molar-refractivity contribution in [2.24, 2.45) is 0 Å². The molecule has 0 saturated carbocycles. The molecule has 0 aliphatic carbocycles. The smallest absolute Gasteiger partial charge is 0.358 e. The number of carbonyl (C=O) groups is 1. The third-order valence-electron chi connectivity index (χ3n) is 2.44. The quantitative estimate of drug-likeness (QED) is 0.827. The lowest BCUT2D eigenvalue weighted by Gasteiger charge is -2.05. The van der Waals surface area contributed by atoms with Crippen molar-refractivity contribution in [3.63, 3.8) is 0 Å². The van der Waals surface area contributed by atoms with E-state index in [-0.39, 0.29) is 0 Å². The van der Waals surface area contributed by atoms with E-state index in [0.717, 1.165) is 4.88 Å². The molecule has 0 bridgehead atoms. The van der Waals surface area contributed by atoms with Crippen LogP contribution in [0.3, 0.4) is 0 Å². The summed E-state index contributed by atoms with van der Waals surface area (Å²) in [5, 5.41) is 4.71. The number of esters is 1. The van der Waals surface area contributed by atoms with Crippen LogP contribution in [0.1, 0.15) is 22.3 Å². The van der Waals surface area contributed by atoms with Crippen molar-refractivity contribution in [3.05, 3.63) is 38.8 Å². The summed E-state index contributed by atoms with van der Waals surface area (Å²) < 4.78 is 4.95. The van der Waals surface area contributed by atoms with Crippen LogP contribution in [-0.2, 0) is 4.74 Å². The Hall–Kier alpha value is -1.30. The predicted molar refractivity (Wildman–Crippen MR) is 82.6 cm³/mol. The van der Waals surface area contributed by atoms with Crippen molar-refractivity contribution < 1.29 is 9.53 Å². The summed E-state index contributed by atoms with van der Waals surface area (Å²) in [6.45, 7) is 3.89. The number of rotatable bonds is 4. The zero-order valence-electron chi connectivity index (χ0n) is 10.9. The molecule has 0 radical (unpaired) electrons. The number of hydrogen-bond donors (Lipinski definition) is 1. The Morgan fingerprint density at radius 1 is 1.45 bits per heavy atom. The van der Waals surface area contributed by atoms with Gasteiger partial charge < -0.3 is 10.1 Å². The van der Waals surface area contributed by atoms with Gasteiger partial charge in [-0.3, -0.25) is 0 Å². The van der Waals surface area contributed by atoms with Gasteiger partial charge in [0.25, 0.3) is 0 Å². The molecule has 20 heavy (non-hydrogen) atoms. The average Bonchev–Trinajstić information content (AvgIpc) is 2.75. The molecule has 0 unspecified atom stereocenters. The molecule has 0 aliphatic heterocycles. The summed E-state index contributed by atoms with van der Waals surface area (Å²) in [4.78, 5) is 16.7. The molecule has 1 aromatic heterocycles. The van der Waals surface area contributed by atoms with Gasteiger partial charge in [0.05, 0.1) is 17.3 Å². The first-order valence-corrected chi connectivity index (χ1v) is 7.45. The van der Waals surface area contributed by atoms with Crippen LogP contribution in [0.25, 0.3) is 0 Å². The second kappa shape index (κ2) is 6.43. The fourth-order valence-electron chi connectivity index (χ4n) is 1.55. The Morgan fingerprint density at radius 3 is 2.90 bits per heavy atom. The summed E-state index contributed by atoms with van der Waals surface area (Å²) >= 11 is 13.3. The van der Waals surface area contributed by atoms with Gasteiger partial charge in [0.2, 0.25) is 0 Å². The first-order chi connectivity index (χ1) is 9.51. The van der Waals surface area contributed by atoms with Crippen molar-refractivity contribution in [2.75, 3.05) is 11.9 Å². The summed E-state index contributed by atoms with van der Waals surface area (Å²) in [7, 11) is 0. The average molecular weight is 331 g/mol. The van der Waals surface area contributed by atoms with Crippen molar-refractivity contribution in [3.8, 4) is 0 Å². The van der Waals surface area contributed by atoms with E-state index in [1.807, 2.05) is 6.92 Å². The van der Waals surface area contributed by atoms with Crippen molar-refractivity contribution in [1.29, 1.82) is 0 Å². The first-order valence-electron chi connectivity index (χ1n) is 5.88. The second-order valence-electron chi connectivity index (χ2n) is 3.89. The van der Waals surface area contributed by atoms with Crippen LogP contribution in [0, 0.1) is 6.92 Å². The summed E-state index contributed by atoms with van der Waals surface area (Å²) in [6.07, 6.45) is 0. The number of thiazole rings is 1. The lowest BCUT2D eigenvalue weighted by Crippen LogP contribution is -2.06. The highest BCUT2D eigenvalue weighted by Gasteiger charge is 2.17. The minimum absolute atomic E-state index is 0.317. The van der Waals surface area contributed by atoms with Crippen LogP contribution in [-0.4, -0.2) is 17.6 Å². The van der Waals surface area contributed by atoms with Crippen LogP contribution in [0.4, 0.5) is 10.8 Å². The van der Waals surface area contributed by atoms with E-state index in [1.54, 1.807) is 25.1 Å². The molecule has 0 spiro atoms. The number of aromatic nitrogens is 1. The third kappa shape index (κ3) is 3.42. The molecule has 0 atom stereocenters. The molecule has 2 aromatic rings. The Bertz CT molecular complexity index is 643. The topological polar surface area (TPSA) is 51.2 Å². The predicted octanol–water partition coefficient (Wildman–Crippen LogP) is 4.68. The largest absolute Gasteiger partial charge is 0.461 e. The number of anilines is 2. The van der Waals surface area contributed by atoms with Gasteiger partial charge in [-0.1, -0.05) is 23.2 Å². The minimum Gasteiger partial charge on any atom is -0.461 e. The molecule has 0 saturated heterocycles. The van der Waals surface area contributed by atoms with Crippen LogP contribution in [0.2, 0.25) is 10.0 Å². The Labute approximate surface area is 130 Å². The molecule has 106 valence electrons. The first kappa shape index (κ1) is 15.1. The maximum atomic E-state index is 11.7. The summed E-state index contributed by atoms with van der Waals surface area (Å²) in [6, 6.07) is 5.09. The maximum absolute atomic E-state index is 11.7. The monoisotopic (exact) mass is 330 g/mol. The molecule has 2 rings (SSSR count). The molecule has 1 heterocycles. The molecular weight excluding hydrogens is 319 g/mol. The van der Waals surface area contributed by atoms with Crippen LogP contribution in [0.5, 0.6) is 0 Å². The number of nitrogens with zero attached hydrogens (tertiary/aromatic N) is 1. The van der Waals surface area contributed by atoms with E-state index in [2.05, 4.69) is 10.3 Å². The summed E-state index contributed by atoms with van der Waals surface area (Å²) in [5.74, 6) is -0.425. The lowest BCUT2D eigenvalue weighted by molar-refractivity contribution is 0.0519. The second-order valence-corrected chi connectivity index (χ2v) is 5.94. The van der Waals surface area contributed by atoms with Crippen LogP contribution in [0.15, 0.2) is 18.2 Å². The van der Waals surface area contributed by atoms with E-state index >= 15 is 0 Å². The zero-order chi connectivity index (χ0) is 14.7.